The third-order valence-corrected chi connectivity index (χ3v) is 4.30. The van der Waals surface area contributed by atoms with E-state index in [-0.39, 0.29) is 11.9 Å². The third-order valence-electron chi connectivity index (χ3n) is 4.30. The molecule has 1 rings (SSSR count). The Morgan fingerprint density at radius 2 is 1.95 bits per heavy atom. The molecule has 4 nitrogen and oxygen atoms in total. The molecule has 1 saturated carbocycles. The number of hydrogen-bond donors (Lipinski definition) is 2. The number of nitrogens with one attached hydrogen (secondary N) is 1. The standard InChI is InChI=1S/C16H33N3O/c1-5-10-19(11-6-2)14-8-7-9-16(12-14,15(17)20)18-13(3)4/h13-14,18H,5-12H2,1-4H3,(H2,17,20). The van der Waals surface area contributed by atoms with E-state index in [0.717, 1.165) is 45.2 Å². The first-order chi connectivity index (χ1) is 9.45. The maximum atomic E-state index is 12.0. The van der Waals surface area contributed by atoms with E-state index < -0.39 is 5.54 Å². The highest BCUT2D eigenvalue weighted by Gasteiger charge is 2.42. The number of hydrogen-bond acceptors (Lipinski definition) is 3. The monoisotopic (exact) mass is 283 g/mol. The van der Waals surface area contributed by atoms with Gasteiger partial charge in [0.2, 0.25) is 5.91 Å². The third kappa shape index (κ3) is 4.45. The van der Waals surface area contributed by atoms with Crippen molar-refractivity contribution in [2.24, 2.45) is 5.73 Å². The fourth-order valence-corrected chi connectivity index (χ4v) is 3.59. The number of rotatable bonds is 8. The van der Waals surface area contributed by atoms with Crippen LogP contribution in [0.5, 0.6) is 0 Å². The minimum Gasteiger partial charge on any atom is -0.368 e. The Kier molecular flexibility index (Phi) is 6.96. The quantitative estimate of drug-likeness (QED) is 0.718. The first kappa shape index (κ1) is 17.4. The summed E-state index contributed by atoms with van der Waals surface area (Å²) < 4.78 is 0. The molecule has 3 N–H and O–H groups in total. The topological polar surface area (TPSA) is 58.4 Å². The van der Waals surface area contributed by atoms with Crippen LogP contribution in [0.1, 0.15) is 66.2 Å². The number of nitrogens with zero attached hydrogens (tertiary/aromatic N) is 1. The Balaban J connectivity index is 2.82. The van der Waals surface area contributed by atoms with Crippen molar-refractivity contribution in [1.29, 1.82) is 0 Å². The van der Waals surface area contributed by atoms with E-state index in [2.05, 4.69) is 37.9 Å². The molecule has 0 radical (unpaired) electrons. The number of carbonyl (C=O) groups is 1. The van der Waals surface area contributed by atoms with Crippen LogP contribution in [0.2, 0.25) is 0 Å². The molecule has 0 aromatic heterocycles. The van der Waals surface area contributed by atoms with Crippen LogP contribution in [0.3, 0.4) is 0 Å². The van der Waals surface area contributed by atoms with E-state index in [1.54, 1.807) is 0 Å². The SMILES string of the molecule is CCCN(CCC)C1CCCC(NC(C)C)(C(N)=O)C1. The van der Waals surface area contributed by atoms with Gasteiger partial charge in [-0.15, -0.1) is 0 Å². The van der Waals surface area contributed by atoms with Crippen molar-refractivity contribution in [3.8, 4) is 0 Å². The zero-order valence-electron chi connectivity index (χ0n) is 13.7. The van der Waals surface area contributed by atoms with E-state index in [4.69, 9.17) is 5.73 Å². The first-order valence-corrected chi connectivity index (χ1v) is 8.26. The highest BCUT2D eigenvalue weighted by Crippen LogP contribution is 2.32. The van der Waals surface area contributed by atoms with Gasteiger partial charge in [-0.2, -0.15) is 0 Å². The maximum absolute atomic E-state index is 12.0. The predicted octanol–water partition coefficient (Wildman–Crippen LogP) is 2.27. The minimum absolute atomic E-state index is 0.177. The molecule has 20 heavy (non-hydrogen) atoms. The zero-order valence-corrected chi connectivity index (χ0v) is 13.7. The Labute approximate surface area is 124 Å². The molecule has 2 unspecified atom stereocenters. The summed E-state index contributed by atoms with van der Waals surface area (Å²) in [7, 11) is 0. The van der Waals surface area contributed by atoms with E-state index in [9.17, 15) is 4.79 Å². The molecule has 0 aromatic carbocycles. The summed E-state index contributed by atoms with van der Waals surface area (Å²) in [6, 6.07) is 0.773. The van der Waals surface area contributed by atoms with Crippen molar-refractivity contribution in [1.82, 2.24) is 10.2 Å². The molecule has 4 heteroatoms. The Morgan fingerprint density at radius 1 is 1.35 bits per heavy atom. The van der Waals surface area contributed by atoms with Gasteiger partial charge in [-0.1, -0.05) is 13.8 Å². The molecule has 0 bridgehead atoms. The van der Waals surface area contributed by atoms with Crippen molar-refractivity contribution in [3.63, 3.8) is 0 Å². The van der Waals surface area contributed by atoms with E-state index in [1.807, 2.05) is 0 Å². The summed E-state index contributed by atoms with van der Waals surface area (Å²) in [5, 5.41) is 3.46. The van der Waals surface area contributed by atoms with Crippen LogP contribution in [0.15, 0.2) is 0 Å². The van der Waals surface area contributed by atoms with Gasteiger partial charge in [0.15, 0.2) is 0 Å². The van der Waals surface area contributed by atoms with Crippen LogP contribution < -0.4 is 11.1 Å². The van der Waals surface area contributed by atoms with Crippen LogP contribution in [0, 0.1) is 0 Å². The molecule has 0 saturated heterocycles. The summed E-state index contributed by atoms with van der Waals surface area (Å²) in [4.78, 5) is 14.6. The summed E-state index contributed by atoms with van der Waals surface area (Å²) in [6.45, 7) is 10.9. The van der Waals surface area contributed by atoms with Gasteiger partial charge in [0.1, 0.15) is 0 Å². The molecule has 1 aliphatic rings. The second-order valence-corrected chi connectivity index (χ2v) is 6.53. The van der Waals surface area contributed by atoms with Gasteiger partial charge >= 0.3 is 0 Å². The van der Waals surface area contributed by atoms with Gasteiger partial charge in [0, 0.05) is 12.1 Å². The molecule has 1 aliphatic carbocycles. The molecule has 2 atom stereocenters. The molecule has 1 fully saturated rings. The highest BCUT2D eigenvalue weighted by atomic mass is 16.1. The van der Waals surface area contributed by atoms with Gasteiger partial charge in [0.05, 0.1) is 5.54 Å². The summed E-state index contributed by atoms with van der Waals surface area (Å²) in [5.74, 6) is -0.177. The lowest BCUT2D eigenvalue weighted by molar-refractivity contribution is -0.127. The second kappa shape index (κ2) is 7.99. The lowest BCUT2D eigenvalue weighted by Crippen LogP contribution is -2.62. The molecular weight excluding hydrogens is 250 g/mol. The van der Waals surface area contributed by atoms with Crippen LogP contribution in [-0.4, -0.2) is 41.5 Å². The molecule has 1 amide bonds. The van der Waals surface area contributed by atoms with Crippen LogP contribution >= 0.6 is 0 Å². The van der Waals surface area contributed by atoms with Crippen molar-refractivity contribution in [2.45, 2.75) is 83.8 Å². The number of carbonyl (C=O) groups excluding carboxylic acids is 1. The largest absolute Gasteiger partial charge is 0.368 e. The van der Waals surface area contributed by atoms with Crippen molar-refractivity contribution in [3.05, 3.63) is 0 Å². The molecule has 0 aliphatic heterocycles. The second-order valence-electron chi connectivity index (χ2n) is 6.53. The fourth-order valence-electron chi connectivity index (χ4n) is 3.59. The van der Waals surface area contributed by atoms with Crippen molar-refractivity contribution in [2.75, 3.05) is 13.1 Å². The zero-order chi connectivity index (χ0) is 15.2. The van der Waals surface area contributed by atoms with Crippen LogP contribution in [0.4, 0.5) is 0 Å². The molecule has 0 spiro atoms. The summed E-state index contributed by atoms with van der Waals surface area (Å²) in [5.41, 5.74) is 5.24. The Hall–Kier alpha value is -0.610. The van der Waals surface area contributed by atoms with Crippen molar-refractivity contribution < 1.29 is 4.79 Å². The fraction of sp³-hybridized carbons (Fsp3) is 0.938. The van der Waals surface area contributed by atoms with Gasteiger partial charge in [0.25, 0.3) is 0 Å². The van der Waals surface area contributed by atoms with Crippen LogP contribution in [0.25, 0.3) is 0 Å². The predicted molar refractivity (Wildman–Crippen MR) is 84.6 cm³/mol. The van der Waals surface area contributed by atoms with Gasteiger partial charge in [-0.05, 0) is 65.5 Å². The van der Waals surface area contributed by atoms with Gasteiger partial charge < -0.3 is 16.0 Å². The number of nitrogens with two attached hydrogens (primary N) is 1. The van der Waals surface area contributed by atoms with Crippen LogP contribution in [-0.2, 0) is 4.79 Å². The molecular formula is C16H33N3O. The summed E-state index contributed by atoms with van der Waals surface area (Å²) >= 11 is 0. The van der Waals surface area contributed by atoms with E-state index in [1.165, 1.54) is 6.42 Å². The molecule has 0 aromatic rings. The smallest absolute Gasteiger partial charge is 0.237 e. The van der Waals surface area contributed by atoms with E-state index in [0.29, 0.717) is 6.04 Å². The molecule has 0 heterocycles. The maximum Gasteiger partial charge on any atom is 0.237 e. The average Bonchev–Trinajstić information content (AvgIpc) is 2.37. The van der Waals surface area contributed by atoms with E-state index >= 15 is 0 Å². The van der Waals surface area contributed by atoms with Gasteiger partial charge in [-0.25, -0.2) is 0 Å². The number of amides is 1. The normalized spacial score (nSPS) is 27.2. The summed E-state index contributed by atoms with van der Waals surface area (Å²) in [6.07, 6.45) is 6.34. The Morgan fingerprint density at radius 3 is 2.40 bits per heavy atom. The van der Waals surface area contributed by atoms with Crippen molar-refractivity contribution >= 4 is 5.91 Å². The number of primary amides is 1. The van der Waals surface area contributed by atoms with Gasteiger partial charge in [-0.3, -0.25) is 4.79 Å². The Bertz CT molecular complexity index is 300. The lowest BCUT2D eigenvalue weighted by Gasteiger charge is -2.44. The average molecular weight is 283 g/mol. The first-order valence-electron chi connectivity index (χ1n) is 8.26. The highest BCUT2D eigenvalue weighted by molar-refractivity contribution is 5.85. The molecule has 118 valence electrons. The minimum atomic E-state index is -0.503. The lowest BCUT2D eigenvalue weighted by atomic mass is 9.77.